The van der Waals surface area contributed by atoms with Gasteiger partial charge < -0.3 is 19.9 Å². The molecule has 0 aliphatic heterocycles. The van der Waals surface area contributed by atoms with E-state index in [4.69, 9.17) is 19.7 Å². The van der Waals surface area contributed by atoms with Crippen LogP contribution in [0.4, 0.5) is 0 Å². The van der Waals surface area contributed by atoms with Crippen molar-refractivity contribution in [2.24, 2.45) is 5.41 Å². The third kappa shape index (κ3) is 9.33. The van der Waals surface area contributed by atoms with Gasteiger partial charge in [0.25, 0.3) is 5.91 Å². The molecule has 0 radical (unpaired) electrons. The minimum Gasteiger partial charge on any atom is -0.505 e. The Bertz CT molecular complexity index is 1650. The van der Waals surface area contributed by atoms with Crippen LogP contribution in [0.2, 0.25) is 12.1 Å². The number of nitrogens with zero attached hydrogens (tertiary/aromatic N) is 3. The third-order valence-corrected chi connectivity index (χ3v) is 10.9. The molecule has 0 spiro atoms. The Morgan fingerprint density at radius 3 is 2.21 bits per heavy atom. The number of nitrogens with one attached hydrogen (secondary N) is 1. The molecule has 0 saturated carbocycles. The molecule has 4 rings (SSSR count). The van der Waals surface area contributed by atoms with Gasteiger partial charge in [0, 0.05) is 45.8 Å². The van der Waals surface area contributed by atoms with Crippen LogP contribution in [0.5, 0.6) is 5.75 Å². The molecular formula is C39H56N4O4Si. The fraction of sp³-hybridized carbons (Fsp3) is 0.513. The lowest BCUT2D eigenvalue weighted by Crippen LogP contribution is -2.27. The molecule has 0 bridgehead atoms. The van der Waals surface area contributed by atoms with E-state index in [1.165, 1.54) is 4.80 Å². The van der Waals surface area contributed by atoms with E-state index in [2.05, 4.69) is 72.0 Å². The molecular weight excluding hydrogens is 617 g/mol. The van der Waals surface area contributed by atoms with Gasteiger partial charge in [-0.05, 0) is 79.0 Å². The third-order valence-electron chi connectivity index (χ3n) is 8.98. The van der Waals surface area contributed by atoms with Gasteiger partial charge in [0.1, 0.15) is 22.5 Å². The van der Waals surface area contributed by atoms with Gasteiger partial charge in [-0.2, -0.15) is 0 Å². The summed E-state index contributed by atoms with van der Waals surface area (Å²) >= 11 is 0. The van der Waals surface area contributed by atoms with Crippen molar-refractivity contribution in [2.45, 2.75) is 104 Å². The van der Waals surface area contributed by atoms with E-state index < -0.39 is 5.41 Å². The van der Waals surface area contributed by atoms with Crippen LogP contribution in [0.3, 0.4) is 0 Å². The summed E-state index contributed by atoms with van der Waals surface area (Å²) in [6, 6.07) is 21.9. The molecule has 0 fully saturated rings. The first kappa shape index (κ1) is 37.3. The highest BCUT2D eigenvalue weighted by atomic mass is 28.2. The van der Waals surface area contributed by atoms with E-state index in [1.54, 1.807) is 12.1 Å². The molecule has 0 unspecified atom stereocenters. The number of amides is 1. The summed E-state index contributed by atoms with van der Waals surface area (Å²) in [7, 11) is -0.330. The van der Waals surface area contributed by atoms with Crippen LogP contribution in [-0.4, -0.2) is 61.6 Å². The number of phenolic OH excluding ortho intramolecular Hbond substituents is 1. The second kappa shape index (κ2) is 15.8. The van der Waals surface area contributed by atoms with Gasteiger partial charge in [0.15, 0.2) is 6.29 Å². The summed E-state index contributed by atoms with van der Waals surface area (Å²) in [6.07, 6.45) is 1.79. The minimum absolute atomic E-state index is 0.0947. The molecule has 1 aromatic heterocycles. The van der Waals surface area contributed by atoms with E-state index in [0.717, 1.165) is 41.6 Å². The Morgan fingerprint density at radius 1 is 0.896 bits per heavy atom. The number of carbonyl (C=O) groups excluding carboxylic acids is 1. The number of benzene rings is 3. The monoisotopic (exact) mass is 672 g/mol. The van der Waals surface area contributed by atoms with Gasteiger partial charge in [0.05, 0.1) is 0 Å². The van der Waals surface area contributed by atoms with Gasteiger partial charge in [-0.1, -0.05) is 90.9 Å². The summed E-state index contributed by atoms with van der Waals surface area (Å²) in [5.74, 6) is 0.0186. The molecule has 0 saturated heterocycles. The highest BCUT2D eigenvalue weighted by Crippen LogP contribution is 2.44. The number of phenols is 1. The number of hydrogen-bond acceptors (Lipinski definition) is 6. The van der Waals surface area contributed by atoms with Gasteiger partial charge in [0.2, 0.25) is 0 Å². The summed E-state index contributed by atoms with van der Waals surface area (Å²) in [6.45, 7) is 21.5. The zero-order valence-corrected chi connectivity index (χ0v) is 31.9. The lowest BCUT2D eigenvalue weighted by molar-refractivity contribution is -0.123. The SMILES string of the molecule is CCOC(C[SiH2]CCCNC(=O)c1ccc2nn(-c3cc(C(C)(C)CC(C)(C)C)cc(C(C)(C)c4ccccc4)c3O)nc2c1)OCC. The van der Waals surface area contributed by atoms with Crippen LogP contribution in [0.1, 0.15) is 102 Å². The lowest BCUT2D eigenvalue weighted by Gasteiger charge is -2.35. The standard InChI is InChI=1S/C39H56N4O4Si/c1-10-46-34(47-11-2)25-48-21-15-20-40-36(45)27-18-19-31-32(22-27)42-43(41-31)33-24-29(38(6,7)26-37(3,4)5)23-30(35(33)44)39(8,9)28-16-13-12-14-17-28/h12-14,16-19,22-24,34,44H,10-11,15,20-21,25-26,48H2,1-9H3,(H,40,45). The molecule has 260 valence electrons. The molecule has 1 heterocycles. The zero-order chi connectivity index (χ0) is 35.1. The van der Waals surface area contributed by atoms with Crippen molar-refractivity contribution in [1.29, 1.82) is 0 Å². The Morgan fingerprint density at radius 2 is 1.56 bits per heavy atom. The average molecular weight is 673 g/mol. The normalized spacial score (nSPS) is 12.9. The first-order chi connectivity index (χ1) is 22.7. The first-order valence-corrected chi connectivity index (χ1v) is 19.5. The van der Waals surface area contributed by atoms with Crippen molar-refractivity contribution in [1.82, 2.24) is 20.3 Å². The van der Waals surface area contributed by atoms with Crippen molar-refractivity contribution < 1.29 is 19.4 Å². The zero-order valence-electron chi connectivity index (χ0n) is 30.5. The lowest BCUT2D eigenvalue weighted by atomic mass is 9.70. The van der Waals surface area contributed by atoms with Crippen molar-refractivity contribution in [3.63, 3.8) is 0 Å². The highest BCUT2D eigenvalue weighted by Gasteiger charge is 2.34. The molecule has 1 amide bonds. The number of carbonyl (C=O) groups is 1. The van der Waals surface area contributed by atoms with Crippen LogP contribution in [-0.2, 0) is 20.3 Å². The van der Waals surface area contributed by atoms with Crippen LogP contribution in [0, 0.1) is 5.41 Å². The topological polar surface area (TPSA) is 98.5 Å². The maximum Gasteiger partial charge on any atom is 0.251 e. The molecule has 48 heavy (non-hydrogen) atoms. The summed E-state index contributed by atoms with van der Waals surface area (Å²) < 4.78 is 11.3. The van der Waals surface area contributed by atoms with Gasteiger partial charge in [-0.3, -0.25) is 4.79 Å². The quantitative estimate of drug-likeness (QED) is 0.0720. The van der Waals surface area contributed by atoms with Gasteiger partial charge in [-0.15, -0.1) is 15.0 Å². The van der Waals surface area contributed by atoms with Crippen LogP contribution in [0.15, 0.2) is 60.7 Å². The molecule has 4 aromatic rings. The Kier molecular flexibility index (Phi) is 12.3. The second-order valence-electron chi connectivity index (χ2n) is 15.1. The molecule has 9 heteroatoms. The minimum atomic E-state index is -0.484. The average Bonchev–Trinajstić information content (AvgIpc) is 3.45. The van der Waals surface area contributed by atoms with Crippen LogP contribution in [0.25, 0.3) is 16.7 Å². The molecule has 8 nitrogen and oxygen atoms in total. The fourth-order valence-corrected chi connectivity index (χ4v) is 8.30. The molecule has 0 atom stereocenters. The Hall–Kier alpha value is -3.53. The Balaban J connectivity index is 1.59. The van der Waals surface area contributed by atoms with Crippen molar-refractivity contribution in [3.05, 3.63) is 82.9 Å². The van der Waals surface area contributed by atoms with E-state index in [9.17, 15) is 9.90 Å². The highest BCUT2D eigenvalue weighted by molar-refractivity contribution is 6.35. The predicted molar refractivity (Wildman–Crippen MR) is 198 cm³/mol. The van der Waals surface area contributed by atoms with E-state index in [-0.39, 0.29) is 38.3 Å². The number of rotatable bonds is 16. The second-order valence-corrected chi connectivity index (χ2v) is 17.1. The number of hydrogen-bond donors (Lipinski definition) is 2. The maximum atomic E-state index is 13.1. The van der Waals surface area contributed by atoms with Crippen molar-refractivity contribution in [3.8, 4) is 11.4 Å². The number of aromatic hydroxyl groups is 1. The maximum absolute atomic E-state index is 13.1. The van der Waals surface area contributed by atoms with Gasteiger partial charge >= 0.3 is 0 Å². The molecule has 0 aliphatic carbocycles. The van der Waals surface area contributed by atoms with Gasteiger partial charge in [-0.25, -0.2) is 0 Å². The van der Waals surface area contributed by atoms with Crippen LogP contribution < -0.4 is 5.32 Å². The van der Waals surface area contributed by atoms with E-state index in [1.807, 2.05) is 44.2 Å². The summed E-state index contributed by atoms with van der Waals surface area (Å²) in [5, 5.41) is 24.5. The Labute approximate surface area is 289 Å². The molecule has 0 aliphatic rings. The largest absolute Gasteiger partial charge is 0.505 e. The van der Waals surface area contributed by atoms with Crippen molar-refractivity contribution in [2.75, 3.05) is 19.8 Å². The fourth-order valence-electron chi connectivity index (χ4n) is 6.74. The van der Waals surface area contributed by atoms with E-state index in [0.29, 0.717) is 42.0 Å². The van der Waals surface area contributed by atoms with E-state index >= 15 is 0 Å². The number of fused-ring (bicyclic) bond motifs is 1. The molecule has 2 N–H and O–H groups in total. The predicted octanol–water partition coefficient (Wildman–Crippen LogP) is 7.69. The van der Waals surface area contributed by atoms with Crippen LogP contribution >= 0.6 is 0 Å². The summed E-state index contributed by atoms with van der Waals surface area (Å²) in [5.41, 5.74) is 4.77. The first-order valence-electron chi connectivity index (χ1n) is 17.5. The van der Waals surface area contributed by atoms with Crippen molar-refractivity contribution >= 4 is 26.5 Å². The number of aromatic nitrogens is 3. The number of ether oxygens (including phenoxy) is 2. The molecule has 3 aromatic carbocycles. The summed E-state index contributed by atoms with van der Waals surface area (Å²) in [4.78, 5) is 14.6. The smallest absolute Gasteiger partial charge is 0.251 e.